The number of fused-ring (bicyclic) bond motifs is 1. The Morgan fingerprint density at radius 3 is 1.79 bits per heavy atom. The number of ether oxygens (including phenoxy) is 2. The van der Waals surface area contributed by atoms with Crippen LogP contribution in [-0.4, -0.2) is 26.3 Å². The van der Waals surface area contributed by atoms with Crippen LogP contribution in [0.4, 0.5) is 0 Å². The van der Waals surface area contributed by atoms with Crippen LogP contribution in [0.15, 0.2) is 12.1 Å². The van der Waals surface area contributed by atoms with Gasteiger partial charge in [-0.25, -0.2) is 0 Å². The standard InChI is InChI=1S/C16H25NO2/c1-3-9-18-15-11-13-5-7-17-8-6-14(13)12-16(15)19-10-4-2/h11-12,17H,3-10H2,1-2H3. The first-order valence-corrected chi connectivity index (χ1v) is 7.47. The van der Waals surface area contributed by atoms with E-state index in [1.807, 2.05) is 0 Å². The summed E-state index contributed by atoms with van der Waals surface area (Å²) < 4.78 is 11.7. The fourth-order valence-corrected chi connectivity index (χ4v) is 2.33. The third kappa shape index (κ3) is 3.87. The van der Waals surface area contributed by atoms with Crippen LogP contribution in [0.1, 0.15) is 37.8 Å². The highest BCUT2D eigenvalue weighted by atomic mass is 16.5. The molecule has 0 fully saturated rings. The summed E-state index contributed by atoms with van der Waals surface area (Å²) in [6, 6.07) is 4.37. The normalized spacial score (nSPS) is 14.6. The third-order valence-corrected chi connectivity index (χ3v) is 3.33. The van der Waals surface area contributed by atoms with Crippen LogP contribution in [0, 0.1) is 0 Å². The molecule has 19 heavy (non-hydrogen) atoms. The van der Waals surface area contributed by atoms with Crippen LogP contribution in [0.2, 0.25) is 0 Å². The molecular weight excluding hydrogens is 238 g/mol. The van der Waals surface area contributed by atoms with Crippen molar-refractivity contribution in [3.63, 3.8) is 0 Å². The highest BCUT2D eigenvalue weighted by Gasteiger charge is 2.14. The summed E-state index contributed by atoms with van der Waals surface area (Å²) in [5, 5.41) is 3.44. The fourth-order valence-electron chi connectivity index (χ4n) is 2.33. The fraction of sp³-hybridized carbons (Fsp3) is 0.625. The van der Waals surface area contributed by atoms with Gasteiger partial charge >= 0.3 is 0 Å². The molecule has 0 atom stereocenters. The van der Waals surface area contributed by atoms with Crippen molar-refractivity contribution in [3.05, 3.63) is 23.3 Å². The molecule has 1 aliphatic rings. The molecule has 1 aromatic rings. The van der Waals surface area contributed by atoms with Crippen molar-refractivity contribution in [2.75, 3.05) is 26.3 Å². The van der Waals surface area contributed by atoms with Crippen LogP contribution in [0.25, 0.3) is 0 Å². The van der Waals surface area contributed by atoms with Gasteiger partial charge in [-0.1, -0.05) is 13.8 Å². The van der Waals surface area contributed by atoms with Crippen molar-refractivity contribution >= 4 is 0 Å². The van der Waals surface area contributed by atoms with E-state index in [-0.39, 0.29) is 0 Å². The first kappa shape index (κ1) is 14.2. The molecule has 1 heterocycles. The molecule has 1 aliphatic heterocycles. The topological polar surface area (TPSA) is 30.5 Å². The Labute approximate surface area is 116 Å². The Morgan fingerprint density at radius 2 is 1.37 bits per heavy atom. The summed E-state index contributed by atoms with van der Waals surface area (Å²) in [6.45, 7) is 7.85. The predicted octanol–water partition coefficient (Wildman–Crippen LogP) is 2.95. The number of hydrogen-bond acceptors (Lipinski definition) is 3. The van der Waals surface area contributed by atoms with Gasteiger partial charge in [-0.3, -0.25) is 0 Å². The molecule has 0 unspecified atom stereocenters. The smallest absolute Gasteiger partial charge is 0.161 e. The minimum absolute atomic E-state index is 0.750. The molecule has 1 aromatic carbocycles. The van der Waals surface area contributed by atoms with Gasteiger partial charge in [-0.05, 0) is 62.0 Å². The van der Waals surface area contributed by atoms with E-state index < -0.39 is 0 Å². The zero-order valence-electron chi connectivity index (χ0n) is 12.1. The average molecular weight is 263 g/mol. The molecule has 0 amide bonds. The van der Waals surface area contributed by atoms with Gasteiger partial charge in [0.25, 0.3) is 0 Å². The van der Waals surface area contributed by atoms with Crippen LogP contribution in [0.5, 0.6) is 11.5 Å². The van der Waals surface area contributed by atoms with E-state index in [1.54, 1.807) is 0 Å². The lowest BCUT2D eigenvalue weighted by Gasteiger charge is -2.16. The van der Waals surface area contributed by atoms with Gasteiger partial charge in [0.2, 0.25) is 0 Å². The monoisotopic (exact) mass is 263 g/mol. The minimum Gasteiger partial charge on any atom is -0.490 e. The van der Waals surface area contributed by atoms with E-state index in [0.29, 0.717) is 0 Å². The zero-order chi connectivity index (χ0) is 13.5. The van der Waals surface area contributed by atoms with Gasteiger partial charge in [-0.15, -0.1) is 0 Å². The lowest BCUT2D eigenvalue weighted by Crippen LogP contribution is -2.16. The molecule has 106 valence electrons. The second-order valence-electron chi connectivity index (χ2n) is 5.01. The molecule has 3 nitrogen and oxygen atoms in total. The van der Waals surface area contributed by atoms with Gasteiger partial charge < -0.3 is 14.8 Å². The molecule has 1 N–H and O–H groups in total. The minimum atomic E-state index is 0.750. The molecule has 0 aliphatic carbocycles. The Kier molecular flexibility index (Phi) is 5.52. The van der Waals surface area contributed by atoms with Crippen LogP contribution < -0.4 is 14.8 Å². The lowest BCUT2D eigenvalue weighted by molar-refractivity contribution is 0.268. The molecule has 0 radical (unpaired) electrons. The maximum Gasteiger partial charge on any atom is 0.161 e. The van der Waals surface area contributed by atoms with Gasteiger partial charge in [0.1, 0.15) is 0 Å². The Hall–Kier alpha value is -1.22. The van der Waals surface area contributed by atoms with E-state index in [0.717, 1.165) is 63.5 Å². The molecule has 0 saturated heterocycles. The van der Waals surface area contributed by atoms with Crippen molar-refractivity contribution < 1.29 is 9.47 Å². The van der Waals surface area contributed by atoms with Crippen LogP contribution >= 0.6 is 0 Å². The number of nitrogens with one attached hydrogen (secondary N) is 1. The van der Waals surface area contributed by atoms with Crippen molar-refractivity contribution in [3.8, 4) is 11.5 Å². The highest BCUT2D eigenvalue weighted by molar-refractivity contribution is 5.48. The van der Waals surface area contributed by atoms with Gasteiger partial charge in [0.15, 0.2) is 11.5 Å². The van der Waals surface area contributed by atoms with Crippen molar-refractivity contribution in [1.82, 2.24) is 5.32 Å². The molecule has 0 bridgehead atoms. The summed E-state index contributed by atoms with van der Waals surface area (Å²) in [5.74, 6) is 1.83. The highest BCUT2D eigenvalue weighted by Crippen LogP contribution is 2.32. The molecule has 0 saturated carbocycles. The largest absolute Gasteiger partial charge is 0.490 e. The number of benzene rings is 1. The van der Waals surface area contributed by atoms with Crippen molar-refractivity contribution in [2.45, 2.75) is 39.5 Å². The molecule has 3 heteroatoms. The SMILES string of the molecule is CCCOc1cc2c(cc1OCCC)CCNCC2. The third-order valence-electron chi connectivity index (χ3n) is 3.33. The second kappa shape index (κ2) is 7.39. The van der Waals surface area contributed by atoms with Crippen molar-refractivity contribution in [1.29, 1.82) is 0 Å². The average Bonchev–Trinajstić information content (AvgIpc) is 2.66. The van der Waals surface area contributed by atoms with Gasteiger partial charge in [0.05, 0.1) is 13.2 Å². The maximum atomic E-state index is 5.84. The zero-order valence-corrected chi connectivity index (χ0v) is 12.1. The van der Waals surface area contributed by atoms with Gasteiger partial charge in [-0.2, -0.15) is 0 Å². The van der Waals surface area contributed by atoms with E-state index in [2.05, 4.69) is 31.3 Å². The predicted molar refractivity (Wildman–Crippen MR) is 78.3 cm³/mol. The second-order valence-corrected chi connectivity index (χ2v) is 5.01. The van der Waals surface area contributed by atoms with Crippen LogP contribution in [0.3, 0.4) is 0 Å². The van der Waals surface area contributed by atoms with E-state index in [9.17, 15) is 0 Å². The first-order valence-electron chi connectivity index (χ1n) is 7.47. The lowest BCUT2D eigenvalue weighted by atomic mass is 10.0. The summed E-state index contributed by atoms with van der Waals surface area (Å²) in [7, 11) is 0. The Balaban J connectivity index is 2.24. The van der Waals surface area contributed by atoms with E-state index in [4.69, 9.17) is 9.47 Å². The van der Waals surface area contributed by atoms with E-state index in [1.165, 1.54) is 11.1 Å². The first-order chi connectivity index (χ1) is 9.35. The van der Waals surface area contributed by atoms with Crippen LogP contribution in [-0.2, 0) is 12.8 Å². The summed E-state index contributed by atoms with van der Waals surface area (Å²) in [4.78, 5) is 0. The summed E-state index contributed by atoms with van der Waals surface area (Å²) in [5.41, 5.74) is 2.81. The molecule has 2 rings (SSSR count). The number of rotatable bonds is 6. The van der Waals surface area contributed by atoms with Gasteiger partial charge in [0, 0.05) is 0 Å². The summed E-state index contributed by atoms with van der Waals surface area (Å²) >= 11 is 0. The Bertz CT molecular complexity index is 367. The van der Waals surface area contributed by atoms with E-state index >= 15 is 0 Å². The molecule has 0 spiro atoms. The molecular formula is C16H25NO2. The number of hydrogen-bond donors (Lipinski definition) is 1. The molecule has 0 aromatic heterocycles. The Morgan fingerprint density at radius 1 is 0.895 bits per heavy atom. The van der Waals surface area contributed by atoms with Crippen molar-refractivity contribution in [2.24, 2.45) is 0 Å². The summed E-state index contributed by atoms with van der Waals surface area (Å²) in [6.07, 6.45) is 4.19. The quantitative estimate of drug-likeness (QED) is 0.856. The maximum absolute atomic E-state index is 5.84.